The summed E-state index contributed by atoms with van der Waals surface area (Å²) in [6.07, 6.45) is 4.19. The Bertz CT molecular complexity index is 782. The second-order valence-corrected chi connectivity index (χ2v) is 8.00. The molecule has 1 aromatic carbocycles. The molecule has 2 aromatic rings. The van der Waals surface area contributed by atoms with Crippen LogP contribution >= 0.6 is 33.9 Å². The number of fused-ring (bicyclic) bond motifs is 4. The number of thiophene rings is 1. The Hall–Kier alpha value is -0.940. The van der Waals surface area contributed by atoms with Gasteiger partial charge in [0, 0.05) is 16.9 Å². The standard InChI is InChI=1S/C18H14FIS/c1-18(19)8-6-11-14-7-9-21-17(14)13-5-3-2-4-12(13)16(20)15(11)10-18/h2-9,16H,10H2,1H3. The Morgan fingerprint density at radius 3 is 2.90 bits per heavy atom. The molecule has 1 heterocycles. The minimum Gasteiger partial charge on any atom is -0.239 e. The fraction of sp³-hybridized carbons (Fsp3) is 0.222. The van der Waals surface area contributed by atoms with Gasteiger partial charge in [-0.2, -0.15) is 0 Å². The Labute approximate surface area is 141 Å². The quantitative estimate of drug-likeness (QED) is 0.352. The third-order valence-electron chi connectivity index (χ3n) is 4.22. The third kappa shape index (κ3) is 2.13. The van der Waals surface area contributed by atoms with Gasteiger partial charge in [-0.15, -0.1) is 11.3 Å². The van der Waals surface area contributed by atoms with E-state index in [2.05, 4.69) is 58.3 Å². The molecule has 3 heteroatoms. The van der Waals surface area contributed by atoms with E-state index in [-0.39, 0.29) is 3.92 Å². The molecule has 1 aromatic heterocycles. The zero-order valence-corrected chi connectivity index (χ0v) is 14.5. The maximum atomic E-state index is 14.5. The van der Waals surface area contributed by atoms with Crippen LogP contribution in [0.5, 0.6) is 0 Å². The van der Waals surface area contributed by atoms with Gasteiger partial charge in [0.05, 0.1) is 3.92 Å². The average molecular weight is 408 g/mol. The smallest absolute Gasteiger partial charge is 0.130 e. The number of hydrogen-bond acceptors (Lipinski definition) is 1. The lowest BCUT2D eigenvalue weighted by atomic mass is 9.84. The van der Waals surface area contributed by atoms with E-state index in [9.17, 15) is 4.39 Å². The molecule has 2 aliphatic carbocycles. The third-order valence-corrected chi connectivity index (χ3v) is 6.59. The van der Waals surface area contributed by atoms with Gasteiger partial charge in [0.1, 0.15) is 5.67 Å². The molecule has 0 fully saturated rings. The molecule has 0 saturated heterocycles. The van der Waals surface area contributed by atoms with E-state index in [4.69, 9.17) is 0 Å². The van der Waals surface area contributed by atoms with Crippen LogP contribution in [0.25, 0.3) is 16.0 Å². The molecule has 2 unspecified atom stereocenters. The summed E-state index contributed by atoms with van der Waals surface area (Å²) in [6.45, 7) is 1.67. The first-order valence-electron chi connectivity index (χ1n) is 6.99. The van der Waals surface area contributed by atoms with Crippen LogP contribution in [0, 0.1) is 0 Å². The fourth-order valence-electron chi connectivity index (χ4n) is 3.22. The minimum absolute atomic E-state index is 0.230. The van der Waals surface area contributed by atoms with Crippen molar-refractivity contribution in [3.05, 3.63) is 64.6 Å². The molecule has 2 atom stereocenters. The van der Waals surface area contributed by atoms with E-state index in [0.717, 1.165) is 0 Å². The van der Waals surface area contributed by atoms with E-state index in [1.807, 2.05) is 6.08 Å². The van der Waals surface area contributed by atoms with Crippen molar-refractivity contribution in [2.75, 3.05) is 0 Å². The van der Waals surface area contributed by atoms with Crippen molar-refractivity contribution in [1.29, 1.82) is 0 Å². The number of halogens is 2. The largest absolute Gasteiger partial charge is 0.239 e. The molecule has 0 bridgehead atoms. The highest BCUT2D eigenvalue weighted by molar-refractivity contribution is 14.1. The van der Waals surface area contributed by atoms with Crippen LogP contribution in [0.4, 0.5) is 4.39 Å². The molecule has 0 saturated carbocycles. The topological polar surface area (TPSA) is 0 Å². The Balaban J connectivity index is 2.03. The first-order valence-corrected chi connectivity index (χ1v) is 9.12. The lowest BCUT2D eigenvalue weighted by Gasteiger charge is -2.27. The Kier molecular flexibility index (Phi) is 3.12. The number of allylic oxidation sites excluding steroid dienone is 4. The summed E-state index contributed by atoms with van der Waals surface area (Å²) in [4.78, 5) is 1.31. The predicted octanol–water partition coefficient (Wildman–Crippen LogP) is 6.35. The number of hydrogen-bond donors (Lipinski definition) is 0. The molecule has 0 amide bonds. The van der Waals surface area contributed by atoms with E-state index in [1.165, 1.54) is 32.7 Å². The second kappa shape index (κ2) is 4.78. The molecule has 0 N–H and O–H groups in total. The van der Waals surface area contributed by atoms with Gasteiger partial charge in [0.15, 0.2) is 0 Å². The van der Waals surface area contributed by atoms with Crippen LogP contribution < -0.4 is 0 Å². The molecule has 2 aliphatic rings. The van der Waals surface area contributed by atoms with Gasteiger partial charge in [-0.1, -0.05) is 52.9 Å². The monoisotopic (exact) mass is 408 g/mol. The summed E-state index contributed by atoms with van der Waals surface area (Å²) >= 11 is 4.24. The van der Waals surface area contributed by atoms with Crippen LogP contribution in [-0.2, 0) is 0 Å². The molecular weight excluding hydrogens is 394 g/mol. The van der Waals surface area contributed by atoms with Gasteiger partial charge in [-0.3, -0.25) is 0 Å². The first-order chi connectivity index (χ1) is 10.1. The summed E-state index contributed by atoms with van der Waals surface area (Å²) in [5.41, 5.74) is 5.05. The average Bonchev–Trinajstić information content (AvgIpc) is 2.91. The SMILES string of the molecule is CC1(F)C=CC2=C(C1)C(I)c1ccccc1-c1sccc12. The van der Waals surface area contributed by atoms with Crippen molar-refractivity contribution in [2.45, 2.75) is 22.9 Å². The number of benzene rings is 1. The van der Waals surface area contributed by atoms with Crippen LogP contribution in [0.2, 0.25) is 0 Å². The molecule has 0 spiro atoms. The van der Waals surface area contributed by atoms with Gasteiger partial charge < -0.3 is 0 Å². The molecule has 0 nitrogen and oxygen atoms in total. The van der Waals surface area contributed by atoms with Crippen LogP contribution in [0.1, 0.15) is 28.4 Å². The van der Waals surface area contributed by atoms with Crippen LogP contribution in [-0.4, -0.2) is 5.67 Å². The normalized spacial score (nSPS) is 26.9. The van der Waals surface area contributed by atoms with Crippen molar-refractivity contribution in [3.8, 4) is 10.4 Å². The lowest BCUT2D eigenvalue weighted by Crippen LogP contribution is -2.20. The predicted molar refractivity (Wildman–Crippen MR) is 96.7 cm³/mol. The highest BCUT2D eigenvalue weighted by atomic mass is 127. The van der Waals surface area contributed by atoms with Gasteiger partial charge >= 0.3 is 0 Å². The minimum atomic E-state index is -1.24. The first kappa shape index (κ1) is 13.7. The zero-order chi connectivity index (χ0) is 14.6. The van der Waals surface area contributed by atoms with Gasteiger partial charge in [-0.05, 0) is 46.7 Å². The Morgan fingerprint density at radius 1 is 1.24 bits per heavy atom. The molecule has 106 valence electrons. The Morgan fingerprint density at radius 2 is 2.05 bits per heavy atom. The summed E-state index contributed by atoms with van der Waals surface area (Å²) in [5, 5.41) is 2.14. The fourth-order valence-corrected chi connectivity index (χ4v) is 5.28. The van der Waals surface area contributed by atoms with E-state index >= 15 is 0 Å². The van der Waals surface area contributed by atoms with Crippen molar-refractivity contribution in [1.82, 2.24) is 0 Å². The summed E-state index contributed by atoms with van der Waals surface area (Å²) in [6, 6.07) is 10.7. The van der Waals surface area contributed by atoms with E-state index < -0.39 is 5.67 Å². The van der Waals surface area contributed by atoms with Gasteiger partial charge in [-0.25, -0.2) is 4.39 Å². The van der Waals surface area contributed by atoms with Crippen LogP contribution in [0.3, 0.4) is 0 Å². The van der Waals surface area contributed by atoms with E-state index in [0.29, 0.717) is 6.42 Å². The highest BCUT2D eigenvalue weighted by Crippen LogP contribution is 2.52. The van der Waals surface area contributed by atoms with Crippen molar-refractivity contribution in [2.24, 2.45) is 0 Å². The molecule has 21 heavy (non-hydrogen) atoms. The van der Waals surface area contributed by atoms with E-state index in [1.54, 1.807) is 24.3 Å². The zero-order valence-electron chi connectivity index (χ0n) is 11.6. The molecule has 0 aliphatic heterocycles. The summed E-state index contributed by atoms with van der Waals surface area (Å²) in [5.74, 6) is 0. The summed E-state index contributed by atoms with van der Waals surface area (Å²) < 4.78 is 14.7. The second-order valence-electron chi connectivity index (χ2n) is 5.84. The highest BCUT2D eigenvalue weighted by Gasteiger charge is 2.34. The molecule has 4 rings (SSSR count). The number of alkyl halides is 2. The number of rotatable bonds is 0. The van der Waals surface area contributed by atoms with Gasteiger partial charge in [0.25, 0.3) is 0 Å². The maximum absolute atomic E-state index is 14.5. The maximum Gasteiger partial charge on any atom is 0.130 e. The molecular formula is C18H14FIS. The lowest BCUT2D eigenvalue weighted by molar-refractivity contribution is 0.254. The van der Waals surface area contributed by atoms with Gasteiger partial charge in [0.2, 0.25) is 0 Å². The molecule has 0 radical (unpaired) electrons. The van der Waals surface area contributed by atoms with Crippen LogP contribution in [0.15, 0.2) is 53.4 Å². The van der Waals surface area contributed by atoms with Crippen molar-refractivity contribution >= 4 is 39.5 Å². The van der Waals surface area contributed by atoms with Crippen molar-refractivity contribution in [3.63, 3.8) is 0 Å². The summed E-state index contributed by atoms with van der Waals surface area (Å²) in [7, 11) is 0. The van der Waals surface area contributed by atoms with Crippen molar-refractivity contribution < 1.29 is 4.39 Å².